The predicted molar refractivity (Wildman–Crippen MR) is 73.0 cm³/mol. The first-order valence-corrected chi connectivity index (χ1v) is 6.75. The van der Waals surface area contributed by atoms with Gasteiger partial charge in [0.25, 0.3) is 5.91 Å². The fraction of sp³-hybridized carbons (Fsp3) is 0.500. The summed E-state index contributed by atoms with van der Waals surface area (Å²) in [4.78, 5) is 12.2. The Morgan fingerprint density at radius 2 is 2.33 bits per heavy atom. The number of para-hydroxylation sites is 1. The molecule has 0 aliphatic carbocycles. The van der Waals surface area contributed by atoms with Crippen LogP contribution in [-0.4, -0.2) is 38.8 Å². The largest absolute Gasteiger partial charge is 0.493 e. The number of ether oxygens (including phenoxy) is 2. The van der Waals surface area contributed by atoms with Crippen molar-refractivity contribution in [1.29, 1.82) is 0 Å². The average Bonchev–Trinajstić information content (AvgIpc) is 2.97. The second-order valence-corrected chi connectivity index (χ2v) is 4.72. The Kier molecular flexibility index (Phi) is 5.32. The van der Waals surface area contributed by atoms with Crippen LogP contribution in [0.15, 0.2) is 18.2 Å². The summed E-state index contributed by atoms with van der Waals surface area (Å²) in [6.07, 6.45) is 2.05. The molecule has 2 N–H and O–H groups in total. The number of hydrogen-bond donors (Lipinski definition) is 2. The zero-order valence-electron chi connectivity index (χ0n) is 11.7. The molecule has 1 aromatic carbocycles. The molecule has 1 aliphatic rings. The minimum atomic E-state index is -3.02. The maximum absolute atomic E-state index is 12.5. The minimum Gasteiger partial charge on any atom is -0.493 e. The molecule has 1 amide bonds. The smallest absolute Gasteiger partial charge is 0.387 e. The molecule has 0 radical (unpaired) electrons. The van der Waals surface area contributed by atoms with E-state index in [1.165, 1.54) is 19.2 Å². The molecule has 1 atom stereocenters. The second kappa shape index (κ2) is 7.21. The zero-order valence-corrected chi connectivity index (χ0v) is 11.7. The van der Waals surface area contributed by atoms with Crippen LogP contribution in [0.5, 0.6) is 11.5 Å². The lowest BCUT2D eigenvalue weighted by Crippen LogP contribution is -2.37. The molecule has 116 valence electrons. The van der Waals surface area contributed by atoms with Crippen LogP contribution in [0.4, 0.5) is 8.78 Å². The number of amides is 1. The van der Waals surface area contributed by atoms with Gasteiger partial charge in [-0.2, -0.15) is 8.78 Å². The van der Waals surface area contributed by atoms with Gasteiger partial charge < -0.3 is 20.1 Å². The van der Waals surface area contributed by atoms with Gasteiger partial charge in [0.2, 0.25) is 0 Å². The number of halogens is 2. The number of hydrogen-bond acceptors (Lipinski definition) is 4. The van der Waals surface area contributed by atoms with Crippen LogP contribution in [0.2, 0.25) is 0 Å². The van der Waals surface area contributed by atoms with Crippen LogP contribution in [0, 0.1) is 0 Å². The predicted octanol–water partition coefficient (Wildman–Crippen LogP) is 1.78. The standard InChI is InChI=1S/C14H18F2N2O3/c1-20-11-6-2-5-10(12(11)21-14(15)16)13(19)18-8-9-4-3-7-17-9/h2,5-6,9,14,17H,3-4,7-8H2,1H3,(H,18,19). The Bertz CT molecular complexity index is 491. The van der Waals surface area contributed by atoms with Crippen molar-refractivity contribution in [3.8, 4) is 11.5 Å². The molecular weight excluding hydrogens is 282 g/mol. The summed E-state index contributed by atoms with van der Waals surface area (Å²) in [5.74, 6) is -0.605. The van der Waals surface area contributed by atoms with Crippen LogP contribution in [-0.2, 0) is 0 Å². The number of methoxy groups -OCH3 is 1. The molecule has 2 rings (SSSR count). The fourth-order valence-corrected chi connectivity index (χ4v) is 2.31. The van der Waals surface area contributed by atoms with Gasteiger partial charge in [0, 0.05) is 12.6 Å². The molecule has 0 spiro atoms. The highest BCUT2D eigenvalue weighted by Gasteiger charge is 2.21. The summed E-state index contributed by atoms with van der Waals surface area (Å²) in [5, 5.41) is 5.97. The van der Waals surface area contributed by atoms with E-state index in [4.69, 9.17) is 4.74 Å². The van der Waals surface area contributed by atoms with E-state index in [1.54, 1.807) is 6.07 Å². The van der Waals surface area contributed by atoms with E-state index in [-0.39, 0.29) is 23.1 Å². The summed E-state index contributed by atoms with van der Waals surface area (Å²) in [6, 6.07) is 4.67. The first-order chi connectivity index (χ1) is 10.1. The van der Waals surface area contributed by atoms with Gasteiger partial charge in [-0.05, 0) is 31.5 Å². The first kappa shape index (κ1) is 15.5. The average molecular weight is 300 g/mol. The van der Waals surface area contributed by atoms with E-state index in [9.17, 15) is 13.6 Å². The van der Waals surface area contributed by atoms with Gasteiger partial charge >= 0.3 is 6.61 Å². The molecular formula is C14H18F2N2O3. The van der Waals surface area contributed by atoms with Crippen molar-refractivity contribution in [2.45, 2.75) is 25.5 Å². The van der Waals surface area contributed by atoms with Crippen LogP contribution in [0.25, 0.3) is 0 Å². The van der Waals surface area contributed by atoms with E-state index in [1.807, 2.05) is 0 Å². The first-order valence-electron chi connectivity index (χ1n) is 6.75. The minimum absolute atomic E-state index is 0.0349. The van der Waals surface area contributed by atoms with Gasteiger partial charge in [0.1, 0.15) is 0 Å². The van der Waals surface area contributed by atoms with Gasteiger partial charge in [-0.25, -0.2) is 0 Å². The van der Waals surface area contributed by atoms with Crippen molar-refractivity contribution in [2.75, 3.05) is 20.2 Å². The third kappa shape index (κ3) is 4.04. The van der Waals surface area contributed by atoms with Gasteiger partial charge in [0.15, 0.2) is 11.5 Å². The fourth-order valence-electron chi connectivity index (χ4n) is 2.31. The van der Waals surface area contributed by atoms with E-state index >= 15 is 0 Å². The van der Waals surface area contributed by atoms with Crippen molar-refractivity contribution in [2.24, 2.45) is 0 Å². The van der Waals surface area contributed by atoms with Crippen LogP contribution >= 0.6 is 0 Å². The highest BCUT2D eigenvalue weighted by Crippen LogP contribution is 2.32. The van der Waals surface area contributed by atoms with Crippen LogP contribution in [0.1, 0.15) is 23.2 Å². The number of nitrogens with one attached hydrogen (secondary N) is 2. The van der Waals surface area contributed by atoms with E-state index < -0.39 is 12.5 Å². The summed E-state index contributed by atoms with van der Waals surface area (Å²) in [5.41, 5.74) is 0.0349. The molecule has 0 bridgehead atoms. The topological polar surface area (TPSA) is 59.6 Å². The summed E-state index contributed by atoms with van der Waals surface area (Å²) >= 11 is 0. The molecule has 1 saturated heterocycles. The summed E-state index contributed by atoms with van der Waals surface area (Å²) in [7, 11) is 1.33. The molecule has 5 nitrogen and oxygen atoms in total. The SMILES string of the molecule is COc1cccc(C(=O)NCC2CCCN2)c1OC(F)F. The van der Waals surface area contributed by atoms with Crippen molar-refractivity contribution < 1.29 is 23.0 Å². The molecule has 1 unspecified atom stereocenters. The highest BCUT2D eigenvalue weighted by molar-refractivity contribution is 5.97. The van der Waals surface area contributed by atoms with E-state index in [2.05, 4.69) is 15.4 Å². The second-order valence-electron chi connectivity index (χ2n) is 4.72. The molecule has 1 heterocycles. The maximum Gasteiger partial charge on any atom is 0.387 e. The molecule has 1 aromatic rings. The molecule has 1 aliphatic heterocycles. The monoisotopic (exact) mass is 300 g/mol. The normalized spacial score (nSPS) is 17.8. The number of rotatable bonds is 6. The van der Waals surface area contributed by atoms with Crippen molar-refractivity contribution in [1.82, 2.24) is 10.6 Å². The summed E-state index contributed by atoms with van der Waals surface area (Å²) in [6.45, 7) is -1.65. The van der Waals surface area contributed by atoms with Gasteiger partial charge in [-0.1, -0.05) is 6.07 Å². The highest BCUT2D eigenvalue weighted by atomic mass is 19.3. The Hall–Kier alpha value is -1.89. The van der Waals surface area contributed by atoms with Crippen molar-refractivity contribution in [3.05, 3.63) is 23.8 Å². The number of carbonyl (C=O) groups excluding carboxylic acids is 1. The Morgan fingerprint density at radius 1 is 1.52 bits per heavy atom. The van der Waals surface area contributed by atoms with Gasteiger partial charge in [-0.3, -0.25) is 4.79 Å². The quantitative estimate of drug-likeness (QED) is 0.841. The van der Waals surface area contributed by atoms with Crippen LogP contribution in [0.3, 0.4) is 0 Å². The lowest BCUT2D eigenvalue weighted by Gasteiger charge is -2.15. The Labute approximate surface area is 121 Å². The number of carbonyl (C=O) groups is 1. The number of benzene rings is 1. The van der Waals surface area contributed by atoms with E-state index in [0.717, 1.165) is 19.4 Å². The van der Waals surface area contributed by atoms with Gasteiger partial charge in [0.05, 0.1) is 12.7 Å². The molecule has 21 heavy (non-hydrogen) atoms. The zero-order chi connectivity index (χ0) is 15.2. The third-order valence-corrected chi connectivity index (χ3v) is 3.32. The molecule has 0 aromatic heterocycles. The molecule has 7 heteroatoms. The van der Waals surface area contributed by atoms with Crippen molar-refractivity contribution >= 4 is 5.91 Å². The Balaban J connectivity index is 2.10. The number of alkyl halides is 2. The maximum atomic E-state index is 12.5. The lowest BCUT2D eigenvalue weighted by molar-refractivity contribution is -0.0515. The van der Waals surface area contributed by atoms with Gasteiger partial charge in [-0.15, -0.1) is 0 Å². The summed E-state index contributed by atoms with van der Waals surface area (Å²) < 4.78 is 34.4. The molecule has 1 fully saturated rings. The Morgan fingerprint density at radius 3 is 2.95 bits per heavy atom. The van der Waals surface area contributed by atoms with E-state index in [0.29, 0.717) is 6.54 Å². The van der Waals surface area contributed by atoms with Crippen LogP contribution < -0.4 is 20.1 Å². The lowest BCUT2D eigenvalue weighted by atomic mass is 10.1. The third-order valence-electron chi connectivity index (χ3n) is 3.32. The molecule has 0 saturated carbocycles. The van der Waals surface area contributed by atoms with Crippen molar-refractivity contribution in [3.63, 3.8) is 0 Å².